The van der Waals surface area contributed by atoms with Crippen LogP contribution in [0.5, 0.6) is 0 Å². The zero-order valence-corrected chi connectivity index (χ0v) is 13.4. The summed E-state index contributed by atoms with van der Waals surface area (Å²) in [5.41, 5.74) is 2.29. The molecule has 0 unspecified atom stereocenters. The van der Waals surface area contributed by atoms with Gasteiger partial charge in [0.15, 0.2) is 0 Å². The summed E-state index contributed by atoms with van der Waals surface area (Å²) < 4.78 is 0. The second-order valence-electron chi connectivity index (χ2n) is 5.62. The Morgan fingerprint density at radius 3 is 2.29 bits per heavy atom. The molecule has 3 aromatic carbocycles. The first-order chi connectivity index (χ1) is 11.6. The Balaban J connectivity index is 1.64. The lowest BCUT2D eigenvalue weighted by molar-refractivity contribution is -0.114. The minimum absolute atomic E-state index is 0.136. The molecule has 2 amide bonds. The van der Waals surface area contributed by atoms with Crippen LogP contribution in [0.25, 0.3) is 10.8 Å². The Kier molecular flexibility index (Phi) is 4.57. The first-order valence-electron chi connectivity index (χ1n) is 7.75. The average molecular weight is 318 g/mol. The first-order valence-corrected chi connectivity index (χ1v) is 7.75. The topological polar surface area (TPSA) is 58.2 Å². The highest BCUT2D eigenvalue weighted by Crippen LogP contribution is 2.16. The van der Waals surface area contributed by atoms with E-state index in [0.717, 1.165) is 10.9 Å². The Morgan fingerprint density at radius 2 is 1.58 bits per heavy atom. The number of fused-ring (bicyclic) bond motifs is 1. The van der Waals surface area contributed by atoms with Gasteiger partial charge in [-0.05, 0) is 46.7 Å². The van der Waals surface area contributed by atoms with Gasteiger partial charge < -0.3 is 10.6 Å². The molecular formula is C20H18N2O2. The Bertz CT molecular complexity index is 886. The minimum Gasteiger partial charge on any atom is -0.348 e. The van der Waals surface area contributed by atoms with E-state index in [1.807, 2.05) is 18.2 Å². The molecule has 0 saturated heterocycles. The van der Waals surface area contributed by atoms with Gasteiger partial charge in [0.25, 0.3) is 5.91 Å². The zero-order chi connectivity index (χ0) is 16.9. The van der Waals surface area contributed by atoms with E-state index in [-0.39, 0.29) is 11.8 Å². The van der Waals surface area contributed by atoms with Gasteiger partial charge in [-0.2, -0.15) is 0 Å². The Hall–Kier alpha value is -3.14. The van der Waals surface area contributed by atoms with Crippen LogP contribution in [0.4, 0.5) is 5.69 Å². The van der Waals surface area contributed by atoms with Crippen molar-refractivity contribution < 1.29 is 9.59 Å². The molecule has 0 radical (unpaired) electrons. The van der Waals surface area contributed by atoms with Gasteiger partial charge in [-0.3, -0.25) is 9.59 Å². The molecule has 120 valence electrons. The number of hydrogen-bond donors (Lipinski definition) is 2. The summed E-state index contributed by atoms with van der Waals surface area (Å²) in [6.07, 6.45) is 0. The minimum atomic E-state index is -0.141. The molecule has 0 aromatic heterocycles. The van der Waals surface area contributed by atoms with Crippen LogP contribution in [0.1, 0.15) is 22.8 Å². The summed E-state index contributed by atoms with van der Waals surface area (Å²) in [5, 5.41) is 7.93. The molecule has 0 heterocycles. The van der Waals surface area contributed by atoms with Gasteiger partial charge in [0, 0.05) is 24.7 Å². The van der Waals surface area contributed by atoms with Crippen molar-refractivity contribution in [2.45, 2.75) is 13.5 Å². The van der Waals surface area contributed by atoms with Crippen LogP contribution in [-0.2, 0) is 11.3 Å². The van der Waals surface area contributed by atoms with Crippen LogP contribution >= 0.6 is 0 Å². The van der Waals surface area contributed by atoms with Gasteiger partial charge in [0.05, 0.1) is 0 Å². The molecular weight excluding hydrogens is 300 g/mol. The molecule has 0 aliphatic carbocycles. The molecule has 0 atom stereocenters. The van der Waals surface area contributed by atoms with Crippen LogP contribution in [-0.4, -0.2) is 11.8 Å². The van der Waals surface area contributed by atoms with E-state index in [0.29, 0.717) is 17.8 Å². The smallest absolute Gasteiger partial charge is 0.251 e. The van der Waals surface area contributed by atoms with Crippen molar-refractivity contribution in [1.29, 1.82) is 0 Å². The number of amides is 2. The van der Waals surface area contributed by atoms with Crippen molar-refractivity contribution in [3.8, 4) is 0 Å². The molecule has 4 heteroatoms. The molecule has 3 rings (SSSR count). The standard InChI is InChI=1S/C20H18N2O2/c1-14(23)22-19-10-8-17(9-11-19)20(24)21-13-15-6-7-16-4-2-3-5-18(16)12-15/h2-12H,13H2,1H3,(H,21,24)(H,22,23). The van der Waals surface area contributed by atoms with Gasteiger partial charge in [0.1, 0.15) is 0 Å². The third-order valence-electron chi connectivity index (χ3n) is 3.73. The van der Waals surface area contributed by atoms with E-state index in [9.17, 15) is 9.59 Å². The van der Waals surface area contributed by atoms with Crippen molar-refractivity contribution in [2.75, 3.05) is 5.32 Å². The van der Waals surface area contributed by atoms with Gasteiger partial charge in [-0.1, -0.05) is 36.4 Å². The SMILES string of the molecule is CC(=O)Nc1ccc(C(=O)NCc2ccc3ccccc3c2)cc1. The summed E-state index contributed by atoms with van der Waals surface area (Å²) >= 11 is 0. The lowest BCUT2D eigenvalue weighted by atomic mass is 10.1. The van der Waals surface area contributed by atoms with Crippen molar-refractivity contribution in [3.05, 3.63) is 77.9 Å². The number of carbonyl (C=O) groups excluding carboxylic acids is 2. The van der Waals surface area contributed by atoms with E-state index < -0.39 is 0 Å². The molecule has 0 aliphatic heterocycles. The molecule has 0 fully saturated rings. The third-order valence-corrected chi connectivity index (χ3v) is 3.73. The molecule has 4 nitrogen and oxygen atoms in total. The Labute approximate surface area is 140 Å². The van der Waals surface area contributed by atoms with Gasteiger partial charge in [-0.15, -0.1) is 0 Å². The number of hydrogen-bond acceptors (Lipinski definition) is 2. The fraction of sp³-hybridized carbons (Fsp3) is 0.100. The van der Waals surface area contributed by atoms with Crippen molar-refractivity contribution in [3.63, 3.8) is 0 Å². The first kappa shape index (κ1) is 15.7. The highest BCUT2D eigenvalue weighted by molar-refractivity contribution is 5.95. The summed E-state index contributed by atoms with van der Waals surface area (Å²) in [5.74, 6) is -0.277. The van der Waals surface area contributed by atoms with Crippen LogP contribution in [0, 0.1) is 0 Å². The van der Waals surface area contributed by atoms with Gasteiger partial charge >= 0.3 is 0 Å². The fourth-order valence-electron chi connectivity index (χ4n) is 2.54. The average Bonchev–Trinajstić information content (AvgIpc) is 2.59. The van der Waals surface area contributed by atoms with Crippen LogP contribution < -0.4 is 10.6 Å². The molecule has 0 spiro atoms. The maximum absolute atomic E-state index is 12.2. The number of carbonyl (C=O) groups is 2. The van der Waals surface area contributed by atoms with E-state index in [2.05, 4.69) is 34.9 Å². The van der Waals surface area contributed by atoms with Crippen LogP contribution in [0.15, 0.2) is 66.7 Å². The maximum atomic E-state index is 12.2. The lowest BCUT2D eigenvalue weighted by Gasteiger charge is -2.08. The second kappa shape index (κ2) is 6.96. The van der Waals surface area contributed by atoms with E-state index in [1.54, 1.807) is 24.3 Å². The zero-order valence-electron chi connectivity index (χ0n) is 13.4. The lowest BCUT2D eigenvalue weighted by Crippen LogP contribution is -2.22. The van der Waals surface area contributed by atoms with E-state index in [1.165, 1.54) is 12.3 Å². The molecule has 3 aromatic rings. The van der Waals surface area contributed by atoms with E-state index >= 15 is 0 Å². The largest absolute Gasteiger partial charge is 0.348 e. The molecule has 0 bridgehead atoms. The summed E-state index contributed by atoms with van der Waals surface area (Å²) in [7, 11) is 0. The third kappa shape index (κ3) is 3.79. The molecule has 0 aliphatic rings. The monoisotopic (exact) mass is 318 g/mol. The molecule has 24 heavy (non-hydrogen) atoms. The van der Waals surface area contributed by atoms with Crippen molar-refractivity contribution in [2.24, 2.45) is 0 Å². The van der Waals surface area contributed by atoms with Crippen LogP contribution in [0.3, 0.4) is 0 Å². The number of benzene rings is 3. The predicted molar refractivity (Wildman–Crippen MR) is 95.9 cm³/mol. The summed E-state index contributed by atoms with van der Waals surface area (Å²) in [6.45, 7) is 1.92. The van der Waals surface area contributed by atoms with Gasteiger partial charge in [-0.25, -0.2) is 0 Å². The highest BCUT2D eigenvalue weighted by Gasteiger charge is 2.06. The summed E-state index contributed by atoms with van der Waals surface area (Å²) in [6, 6.07) is 21.1. The van der Waals surface area contributed by atoms with Crippen molar-refractivity contribution >= 4 is 28.3 Å². The van der Waals surface area contributed by atoms with Gasteiger partial charge in [0.2, 0.25) is 5.91 Å². The fourth-order valence-corrected chi connectivity index (χ4v) is 2.54. The maximum Gasteiger partial charge on any atom is 0.251 e. The molecule has 0 saturated carbocycles. The van der Waals surface area contributed by atoms with Crippen LogP contribution in [0.2, 0.25) is 0 Å². The number of nitrogens with one attached hydrogen (secondary N) is 2. The molecule has 2 N–H and O–H groups in total. The normalized spacial score (nSPS) is 10.4. The Morgan fingerprint density at radius 1 is 0.875 bits per heavy atom. The van der Waals surface area contributed by atoms with E-state index in [4.69, 9.17) is 0 Å². The quantitative estimate of drug-likeness (QED) is 0.770. The number of rotatable bonds is 4. The predicted octanol–water partition coefficient (Wildman–Crippen LogP) is 3.73. The second-order valence-corrected chi connectivity index (χ2v) is 5.62. The highest BCUT2D eigenvalue weighted by atomic mass is 16.2. The van der Waals surface area contributed by atoms with Crippen molar-refractivity contribution in [1.82, 2.24) is 5.32 Å². The summed E-state index contributed by atoms with van der Waals surface area (Å²) in [4.78, 5) is 23.2. The number of anilines is 1.